The van der Waals surface area contributed by atoms with E-state index >= 15 is 0 Å². The highest BCUT2D eigenvalue weighted by molar-refractivity contribution is 5.14. The summed E-state index contributed by atoms with van der Waals surface area (Å²) in [6, 6.07) is 10.1. The fourth-order valence-electron chi connectivity index (χ4n) is 1.97. The minimum atomic E-state index is -0.358. The molecule has 0 fully saturated rings. The lowest BCUT2D eigenvalue weighted by atomic mass is 10.2. The van der Waals surface area contributed by atoms with Crippen LogP contribution in [0.4, 0.5) is 0 Å². The van der Waals surface area contributed by atoms with Gasteiger partial charge in [0.05, 0.1) is 19.2 Å². The Labute approximate surface area is 112 Å². The van der Waals surface area contributed by atoms with Crippen molar-refractivity contribution in [1.82, 2.24) is 25.1 Å². The van der Waals surface area contributed by atoms with Crippen LogP contribution in [0.1, 0.15) is 18.3 Å². The quantitative estimate of drug-likeness (QED) is 0.822. The Morgan fingerprint density at radius 2 is 2.05 bits per heavy atom. The molecule has 0 aliphatic rings. The zero-order chi connectivity index (χ0) is 13.7. The van der Waals surface area contributed by atoms with Crippen molar-refractivity contribution in [2.75, 3.05) is 13.6 Å². The maximum Gasteiger partial charge on any atom is 0.165 e. The van der Waals surface area contributed by atoms with Crippen molar-refractivity contribution < 1.29 is 5.11 Å². The number of aliphatic hydroxyl groups is 1. The number of benzene rings is 1. The highest BCUT2D eigenvalue weighted by Crippen LogP contribution is 2.04. The molecule has 1 unspecified atom stereocenters. The smallest absolute Gasteiger partial charge is 0.165 e. The van der Waals surface area contributed by atoms with E-state index in [1.54, 1.807) is 11.6 Å². The molecule has 2 aromatic rings. The molecule has 1 aromatic carbocycles. The van der Waals surface area contributed by atoms with Crippen LogP contribution in [0.15, 0.2) is 30.3 Å². The van der Waals surface area contributed by atoms with Crippen molar-refractivity contribution >= 4 is 0 Å². The Kier molecular flexibility index (Phi) is 4.59. The third kappa shape index (κ3) is 4.11. The van der Waals surface area contributed by atoms with Crippen molar-refractivity contribution in [3.63, 3.8) is 0 Å². The summed E-state index contributed by atoms with van der Waals surface area (Å²) < 4.78 is 1.79. The molecule has 0 aliphatic heterocycles. The third-order valence-electron chi connectivity index (χ3n) is 2.77. The van der Waals surface area contributed by atoms with E-state index in [0.717, 1.165) is 11.4 Å². The fraction of sp³-hybridized carbons (Fsp3) is 0.462. The second kappa shape index (κ2) is 6.40. The third-order valence-corrected chi connectivity index (χ3v) is 2.77. The molecule has 19 heavy (non-hydrogen) atoms. The maximum atomic E-state index is 9.36. The second-order valence-corrected chi connectivity index (χ2v) is 4.78. The van der Waals surface area contributed by atoms with E-state index < -0.39 is 0 Å². The van der Waals surface area contributed by atoms with Gasteiger partial charge in [-0.25, -0.2) is 4.68 Å². The number of aliphatic hydroxyl groups excluding tert-OH is 1. The zero-order valence-electron chi connectivity index (χ0n) is 11.3. The van der Waals surface area contributed by atoms with Crippen LogP contribution < -0.4 is 0 Å². The molecule has 1 aromatic heterocycles. The molecule has 6 heteroatoms. The van der Waals surface area contributed by atoms with E-state index in [1.807, 2.05) is 42.3 Å². The molecule has 2 rings (SSSR count). The summed E-state index contributed by atoms with van der Waals surface area (Å²) in [5.41, 5.74) is 1.16. The number of rotatable bonds is 6. The van der Waals surface area contributed by atoms with Crippen LogP contribution in [-0.2, 0) is 13.1 Å². The first-order valence-corrected chi connectivity index (χ1v) is 6.30. The van der Waals surface area contributed by atoms with E-state index in [1.165, 1.54) is 0 Å². The summed E-state index contributed by atoms with van der Waals surface area (Å²) in [7, 11) is 1.94. The van der Waals surface area contributed by atoms with Gasteiger partial charge in [0, 0.05) is 6.54 Å². The molecule has 1 heterocycles. The Hall–Kier alpha value is -1.79. The van der Waals surface area contributed by atoms with E-state index in [4.69, 9.17) is 0 Å². The summed E-state index contributed by atoms with van der Waals surface area (Å²) in [5, 5.41) is 21.1. The van der Waals surface area contributed by atoms with Gasteiger partial charge in [0.1, 0.15) is 0 Å². The fourth-order valence-corrected chi connectivity index (χ4v) is 1.97. The second-order valence-electron chi connectivity index (χ2n) is 4.78. The summed E-state index contributed by atoms with van der Waals surface area (Å²) in [4.78, 5) is 2.00. The first-order valence-electron chi connectivity index (χ1n) is 6.30. The van der Waals surface area contributed by atoms with Gasteiger partial charge < -0.3 is 5.11 Å². The maximum absolute atomic E-state index is 9.36. The van der Waals surface area contributed by atoms with Gasteiger partial charge >= 0.3 is 0 Å². The normalized spacial score (nSPS) is 12.8. The van der Waals surface area contributed by atoms with Gasteiger partial charge in [0.15, 0.2) is 5.82 Å². The molecule has 0 spiro atoms. The highest BCUT2D eigenvalue weighted by Gasteiger charge is 2.10. The van der Waals surface area contributed by atoms with Crippen LogP contribution in [0, 0.1) is 0 Å². The first kappa shape index (κ1) is 13.6. The van der Waals surface area contributed by atoms with E-state index in [0.29, 0.717) is 19.6 Å². The van der Waals surface area contributed by atoms with Gasteiger partial charge in [-0.15, -0.1) is 5.10 Å². The van der Waals surface area contributed by atoms with Gasteiger partial charge in [-0.05, 0) is 30.0 Å². The van der Waals surface area contributed by atoms with Crippen molar-refractivity contribution in [3.8, 4) is 0 Å². The highest BCUT2D eigenvalue weighted by atomic mass is 16.3. The van der Waals surface area contributed by atoms with Crippen molar-refractivity contribution in [3.05, 3.63) is 41.7 Å². The van der Waals surface area contributed by atoms with Gasteiger partial charge in [-0.2, -0.15) is 0 Å². The van der Waals surface area contributed by atoms with E-state index in [9.17, 15) is 5.11 Å². The molecular weight excluding hydrogens is 242 g/mol. The number of aromatic nitrogens is 4. The molecular formula is C13H19N5O. The number of tetrazole rings is 1. The molecule has 0 radical (unpaired) electrons. The predicted molar refractivity (Wildman–Crippen MR) is 71.4 cm³/mol. The van der Waals surface area contributed by atoms with Crippen molar-refractivity contribution in [1.29, 1.82) is 0 Å². The number of hydrogen-bond acceptors (Lipinski definition) is 5. The average Bonchev–Trinajstić information content (AvgIpc) is 2.77. The molecule has 0 bridgehead atoms. The first-order chi connectivity index (χ1) is 9.15. The summed E-state index contributed by atoms with van der Waals surface area (Å²) in [6.45, 7) is 3.64. The molecule has 1 atom stereocenters. The Morgan fingerprint density at radius 3 is 2.74 bits per heavy atom. The molecule has 0 amide bonds. The van der Waals surface area contributed by atoms with Crippen molar-refractivity contribution in [2.45, 2.75) is 26.1 Å². The molecule has 0 saturated heterocycles. The lowest BCUT2D eigenvalue weighted by Gasteiger charge is -2.17. The van der Waals surface area contributed by atoms with Gasteiger partial charge in [-0.1, -0.05) is 30.3 Å². The lowest BCUT2D eigenvalue weighted by Crippen LogP contribution is -2.28. The predicted octanol–water partition coefficient (Wildman–Crippen LogP) is 0.534. The van der Waals surface area contributed by atoms with Crippen LogP contribution in [0.2, 0.25) is 0 Å². The minimum absolute atomic E-state index is 0.358. The van der Waals surface area contributed by atoms with Crippen LogP contribution in [-0.4, -0.2) is 49.9 Å². The standard InChI is InChI=1S/C13H19N5O/c1-11(19)8-17(2)10-13-14-15-16-18(13)9-12-6-4-3-5-7-12/h3-7,11,19H,8-10H2,1-2H3. The summed E-state index contributed by atoms with van der Waals surface area (Å²) >= 11 is 0. The molecule has 0 aliphatic carbocycles. The van der Waals surface area contributed by atoms with Crippen molar-refractivity contribution in [2.24, 2.45) is 0 Å². The van der Waals surface area contributed by atoms with Gasteiger partial charge in [0.25, 0.3) is 0 Å². The van der Waals surface area contributed by atoms with Crippen LogP contribution in [0.25, 0.3) is 0 Å². The minimum Gasteiger partial charge on any atom is -0.392 e. The summed E-state index contributed by atoms with van der Waals surface area (Å²) in [5.74, 6) is 0.798. The molecule has 1 N–H and O–H groups in total. The SMILES string of the molecule is CC(O)CN(C)Cc1nnnn1Cc1ccccc1. The zero-order valence-corrected chi connectivity index (χ0v) is 11.3. The molecule has 6 nitrogen and oxygen atoms in total. The number of nitrogens with zero attached hydrogens (tertiary/aromatic N) is 5. The molecule has 0 saturated carbocycles. The Morgan fingerprint density at radius 1 is 1.32 bits per heavy atom. The lowest BCUT2D eigenvalue weighted by molar-refractivity contribution is 0.136. The topological polar surface area (TPSA) is 67.1 Å². The van der Waals surface area contributed by atoms with E-state index in [2.05, 4.69) is 15.5 Å². The van der Waals surface area contributed by atoms with Crippen LogP contribution in [0.3, 0.4) is 0 Å². The number of hydrogen-bond donors (Lipinski definition) is 1. The van der Waals surface area contributed by atoms with E-state index in [-0.39, 0.29) is 6.10 Å². The largest absolute Gasteiger partial charge is 0.392 e. The summed E-state index contributed by atoms with van der Waals surface area (Å²) in [6.07, 6.45) is -0.358. The van der Waals surface area contributed by atoms with Crippen LogP contribution >= 0.6 is 0 Å². The average molecular weight is 261 g/mol. The Bertz CT molecular complexity index is 497. The van der Waals surface area contributed by atoms with Gasteiger partial charge in [0.2, 0.25) is 0 Å². The Balaban J connectivity index is 2.02. The number of likely N-dealkylation sites (N-methyl/N-ethyl adjacent to an activating group) is 1. The monoisotopic (exact) mass is 261 g/mol. The van der Waals surface area contributed by atoms with Crippen LogP contribution in [0.5, 0.6) is 0 Å². The molecule has 102 valence electrons. The van der Waals surface area contributed by atoms with Gasteiger partial charge in [-0.3, -0.25) is 4.90 Å².